The molecule has 4 rings (SSSR count). The summed E-state index contributed by atoms with van der Waals surface area (Å²) in [5.41, 5.74) is 1.76. The van der Waals surface area contributed by atoms with Crippen molar-refractivity contribution in [3.05, 3.63) is 54.6 Å². The molecule has 2 aromatic heterocycles. The maximum atomic E-state index is 12.7. The molecular weight excluding hydrogens is 493 g/mol. The number of hydrogen-bond acceptors (Lipinski definition) is 4. The third kappa shape index (κ3) is 4.72. The van der Waals surface area contributed by atoms with Crippen molar-refractivity contribution in [2.45, 2.75) is 13.5 Å². The zero-order valence-electron chi connectivity index (χ0n) is 17.2. The Hall–Kier alpha value is -2.69. The summed E-state index contributed by atoms with van der Waals surface area (Å²) in [5.74, 6) is 0.777. The number of nitrogens with one attached hydrogen (secondary N) is 1. The zero-order chi connectivity index (χ0) is 20.2. The molecule has 0 saturated carbocycles. The Morgan fingerprint density at radius 3 is 2.80 bits per heavy atom. The van der Waals surface area contributed by atoms with Crippen molar-refractivity contribution in [3.8, 4) is 0 Å². The van der Waals surface area contributed by atoms with Crippen LogP contribution in [0.3, 0.4) is 0 Å². The highest BCUT2D eigenvalue weighted by molar-refractivity contribution is 14.0. The van der Waals surface area contributed by atoms with Gasteiger partial charge in [-0.1, -0.05) is 24.3 Å². The number of piperazine rings is 1. The molecule has 1 amide bonds. The lowest BCUT2D eigenvalue weighted by atomic mass is 10.1. The van der Waals surface area contributed by atoms with Crippen molar-refractivity contribution in [3.63, 3.8) is 0 Å². The Bertz CT molecular complexity index is 1040. The van der Waals surface area contributed by atoms with E-state index in [4.69, 9.17) is 4.99 Å². The predicted octanol–water partition coefficient (Wildman–Crippen LogP) is 2.40. The van der Waals surface area contributed by atoms with E-state index in [1.807, 2.05) is 49.5 Å². The van der Waals surface area contributed by atoms with E-state index in [-0.39, 0.29) is 36.4 Å². The summed E-state index contributed by atoms with van der Waals surface area (Å²) in [6.45, 7) is 4.81. The van der Waals surface area contributed by atoms with Crippen LogP contribution in [0.1, 0.15) is 12.6 Å². The van der Waals surface area contributed by atoms with Gasteiger partial charge in [-0.05, 0) is 18.4 Å². The standard InChI is InChI=1S/C21H25N7O.HI/c1-3-22-21(24-13-19-18-7-5-4-6-16(18)8-9-23-19)27-10-11-28(20(29)15-27)17-12-25-26(2)14-17;/h4-9,12,14H,3,10-11,13,15H2,1-2H3,(H,22,24);1H. The molecule has 1 aliphatic rings. The quantitative estimate of drug-likeness (QED) is 0.326. The number of benzene rings is 1. The van der Waals surface area contributed by atoms with Crippen LogP contribution in [0.4, 0.5) is 5.69 Å². The van der Waals surface area contributed by atoms with Gasteiger partial charge in [-0.25, -0.2) is 4.99 Å². The summed E-state index contributed by atoms with van der Waals surface area (Å²) in [7, 11) is 1.85. The number of anilines is 1. The molecule has 3 heterocycles. The first-order chi connectivity index (χ1) is 14.2. The Kier molecular flexibility index (Phi) is 7.24. The molecule has 8 nitrogen and oxygen atoms in total. The smallest absolute Gasteiger partial charge is 0.246 e. The van der Waals surface area contributed by atoms with Crippen LogP contribution in [0.5, 0.6) is 0 Å². The fourth-order valence-corrected chi connectivity index (χ4v) is 3.56. The Labute approximate surface area is 193 Å². The lowest BCUT2D eigenvalue weighted by Crippen LogP contribution is -2.55. The van der Waals surface area contributed by atoms with Gasteiger partial charge in [-0.2, -0.15) is 5.10 Å². The number of aryl methyl sites for hydroxylation is 1. The summed E-state index contributed by atoms with van der Waals surface area (Å²) < 4.78 is 1.71. The first-order valence-electron chi connectivity index (χ1n) is 9.80. The lowest BCUT2D eigenvalue weighted by Gasteiger charge is -2.35. The number of pyridine rings is 1. The molecule has 1 aromatic carbocycles. The molecule has 158 valence electrons. The maximum Gasteiger partial charge on any atom is 0.246 e. The van der Waals surface area contributed by atoms with E-state index < -0.39 is 0 Å². The molecule has 0 unspecified atom stereocenters. The average Bonchev–Trinajstić information content (AvgIpc) is 3.17. The molecule has 1 fully saturated rings. The van der Waals surface area contributed by atoms with Crippen LogP contribution in [0.15, 0.2) is 53.9 Å². The molecule has 1 aliphatic heterocycles. The van der Waals surface area contributed by atoms with E-state index in [0.717, 1.165) is 34.7 Å². The van der Waals surface area contributed by atoms with Gasteiger partial charge in [0.15, 0.2) is 5.96 Å². The molecule has 3 aromatic rings. The summed E-state index contributed by atoms with van der Waals surface area (Å²) in [4.78, 5) is 25.8. The Morgan fingerprint density at radius 2 is 2.07 bits per heavy atom. The van der Waals surface area contributed by atoms with E-state index in [1.54, 1.807) is 15.8 Å². The van der Waals surface area contributed by atoms with E-state index in [9.17, 15) is 4.79 Å². The number of fused-ring (bicyclic) bond motifs is 1. The second-order valence-corrected chi connectivity index (χ2v) is 6.99. The molecule has 0 bridgehead atoms. The highest BCUT2D eigenvalue weighted by Crippen LogP contribution is 2.18. The van der Waals surface area contributed by atoms with E-state index in [1.165, 1.54) is 0 Å². The molecule has 9 heteroatoms. The monoisotopic (exact) mass is 519 g/mol. The Balaban J connectivity index is 0.00000256. The van der Waals surface area contributed by atoms with Gasteiger partial charge in [0.25, 0.3) is 0 Å². The number of nitrogens with zero attached hydrogens (tertiary/aromatic N) is 6. The summed E-state index contributed by atoms with van der Waals surface area (Å²) in [6.07, 6.45) is 5.40. The first kappa shape index (κ1) is 22.0. The third-order valence-electron chi connectivity index (χ3n) is 4.99. The first-order valence-corrected chi connectivity index (χ1v) is 9.80. The number of aromatic nitrogens is 3. The summed E-state index contributed by atoms with van der Waals surface area (Å²) >= 11 is 0. The fraction of sp³-hybridized carbons (Fsp3) is 0.333. The van der Waals surface area contributed by atoms with Crippen LogP contribution >= 0.6 is 24.0 Å². The molecule has 0 radical (unpaired) electrons. The van der Waals surface area contributed by atoms with Crippen LogP contribution < -0.4 is 10.2 Å². The molecule has 1 N–H and O–H groups in total. The van der Waals surface area contributed by atoms with Crippen molar-refractivity contribution >= 4 is 52.3 Å². The number of carbonyl (C=O) groups is 1. The maximum absolute atomic E-state index is 12.7. The molecule has 1 saturated heterocycles. The van der Waals surface area contributed by atoms with Crippen molar-refractivity contribution < 1.29 is 4.79 Å². The topological polar surface area (TPSA) is 78.7 Å². The number of guanidine groups is 1. The van der Waals surface area contributed by atoms with Crippen LogP contribution in [-0.4, -0.2) is 57.7 Å². The molecular formula is C21H26IN7O. The van der Waals surface area contributed by atoms with Gasteiger partial charge in [0.2, 0.25) is 5.91 Å². The fourth-order valence-electron chi connectivity index (χ4n) is 3.56. The minimum Gasteiger partial charge on any atom is -0.356 e. The molecule has 30 heavy (non-hydrogen) atoms. The molecule has 0 aliphatic carbocycles. The Morgan fingerprint density at radius 1 is 1.23 bits per heavy atom. The molecule has 0 atom stereocenters. The van der Waals surface area contributed by atoms with Gasteiger partial charge in [-0.3, -0.25) is 14.5 Å². The third-order valence-corrected chi connectivity index (χ3v) is 4.99. The average molecular weight is 519 g/mol. The van der Waals surface area contributed by atoms with Crippen LogP contribution in [0, 0.1) is 0 Å². The number of halogens is 1. The van der Waals surface area contributed by atoms with E-state index in [2.05, 4.69) is 27.5 Å². The highest BCUT2D eigenvalue weighted by Gasteiger charge is 2.27. The van der Waals surface area contributed by atoms with Gasteiger partial charge in [0.05, 0.1) is 24.1 Å². The second-order valence-electron chi connectivity index (χ2n) is 6.99. The van der Waals surface area contributed by atoms with Gasteiger partial charge >= 0.3 is 0 Å². The summed E-state index contributed by atoms with van der Waals surface area (Å²) in [5, 5.41) is 9.73. The normalized spacial score (nSPS) is 14.7. The summed E-state index contributed by atoms with van der Waals surface area (Å²) in [6, 6.07) is 10.2. The van der Waals surface area contributed by atoms with Gasteiger partial charge in [0, 0.05) is 44.5 Å². The van der Waals surface area contributed by atoms with E-state index in [0.29, 0.717) is 19.6 Å². The highest BCUT2D eigenvalue weighted by atomic mass is 127. The van der Waals surface area contributed by atoms with Crippen LogP contribution in [0.25, 0.3) is 10.8 Å². The molecule has 0 spiro atoms. The lowest BCUT2D eigenvalue weighted by molar-refractivity contribution is -0.120. The van der Waals surface area contributed by atoms with Crippen LogP contribution in [0.2, 0.25) is 0 Å². The van der Waals surface area contributed by atoms with Crippen molar-refractivity contribution in [1.82, 2.24) is 25.0 Å². The minimum atomic E-state index is 0. The van der Waals surface area contributed by atoms with Gasteiger partial charge < -0.3 is 15.1 Å². The van der Waals surface area contributed by atoms with Gasteiger partial charge in [-0.15, -0.1) is 24.0 Å². The number of rotatable bonds is 4. The number of aliphatic imine (C=N–C) groups is 1. The minimum absolute atomic E-state index is 0. The largest absolute Gasteiger partial charge is 0.356 e. The van der Waals surface area contributed by atoms with Gasteiger partial charge in [0.1, 0.15) is 6.54 Å². The zero-order valence-corrected chi connectivity index (χ0v) is 19.5. The SMILES string of the molecule is CCNC(=NCc1nccc2ccccc12)N1CCN(c2cnn(C)c2)C(=O)C1.I. The second kappa shape index (κ2) is 9.88. The van der Waals surface area contributed by atoms with Crippen LogP contribution in [-0.2, 0) is 18.4 Å². The van der Waals surface area contributed by atoms with Crippen molar-refractivity contribution in [2.24, 2.45) is 12.0 Å². The predicted molar refractivity (Wildman–Crippen MR) is 129 cm³/mol. The number of amides is 1. The number of carbonyl (C=O) groups excluding carboxylic acids is 1. The van der Waals surface area contributed by atoms with Crippen molar-refractivity contribution in [1.29, 1.82) is 0 Å². The number of hydrogen-bond donors (Lipinski definition) is 1. The van der Waals surface area contributed by atoms with E-state index >= 15 is 0 Å². The van der Waals surface area contributed by atoms with Crippen molar-refractivity contribution in [2.75, 3.05) is 31.1 Å².